The zero-order chi connectivity index (χ0) is 16.8. The lowest BCUT2D eigenvalue weighted by Gasteiger charge is -2.06. The second-order valence-corrected chi connectivity index (χ2v) is 5.34. The number of rotatable bonds is 5. The van der Waals surface area contributed by atoms with Gasteiger partial charge in [0.25, 0.3) is 5.91 Å². The topological polar surface area (TPSA) is 67.0 Å². The molecule has 5 heteroatoms. The molecule has 0 radical (unpaired) electrons. The lowest BCUT2D eigenvalue weighted by molar-refractivity contribution is -0.112. The molecule has 5 nitrogen and oxygen atoms in total. The van der Waals surface area contributed by atoms with Crippen molar-refractivity contribution in [3.8, 4) is 11.8 Å². The molecule has 1 N–H and O–H groups in total. The van der Waals surface area contributed by atoms with Crippen LogP contribution in [0.25, 0.3) is 6.08 Å². The summed E-state index contributed by atoms with van der Waals surface area (Å²) in [7, 11) is 1.58. The number of carbonyl (C=O) groups excluding carboxylic acids is 1. The molecule has 0 aliphatic rings. The van der Waals surface area contributed by atoms with Crippen LogP contribution in [0.15, 0.2) is 48.3 Å². The Kier molecular flexibility index (Phi) is 5.21. The van der Waals surface area contributed by atoms with Gasteiger partial charge < -0.3 is 14.6 Å². The highest BCUT2D eigenvalue weighted by Crippen LogP contribution is 2.17. The molecule has 0 saturated heterocycles. The van der Waals surface area contributed by atoms with E-state index in [0.717, 1.165) is 5.56 Å². The largest absolute Gasteiger partial charge is 0.497 e. The predicted molar refractivity (Wildman–Crippen MR) is 90.0 cm³/mol. The quantitative estimate of drug-likeness (QED) is 0.677. The van der Waals surface area contributed by atoms with Crippen molar-refractivity contribution in [2.45, 2.75) is 19.9 Å². The maximum Gasteiger partial charge on any atom is 0.266 e. The summed E-state index contributed by atoms with van der Waals surface area (Å²) in [5.41, 5.74) is 1.49. The lowest BCUT2D eigenvalue weighted by Crippen LogP contribution is -2.13. The van der Waals surface area contributed by atoms with Gasteiger partial charge in [-0.15, -0.1) is 0 Å². The van der Waals surface area contributed by atoms with E-state index in [2.05, 4.69) is 19.2 Å². The summed E-state index contributed by atoms with van der Waals surface area (Å²) in [5, 5.41) is 11.9. The molecule has 0 aliphatic heterocycles. The molecule has 118 valence electrons. The third-order valence-corrected chi connectivity index (χ3v) is 3.36. The van der Waals surface area contributed by atoms with Crippen molar-refractivity contribution in [3.63, 3.8) is 0 Å². The summed E-state index contributed by atoms with van der Waals surface area (Å²) < 4.78 is 7.08. The second kappa shape index (κ2) is 7.32. The summed E-state index contributed by atoms with van der Waals surface area (Å²) in [6, 6.07) is 11.1. The first-order valence-corrected chi connectivity index (χ1v) is 7.28. The van der Waals surface area contributed by atoms with Crippen LogP contribution in [0, 0.1) is 11.3 Å². The lowest BCUT2D eigenvalue weighted by atomic mass is 10.2. The third-order valence-electron chi connectivity index (χ3n) is 3.36. The number of nitriles is 1. The molecule has 23 heavy (non-hydrogen) atoms. The van der Waals surface area contributed by atoms with Gasteiger partial charge in [-0.3, -0.25) is 4.79 Å². The Labute approximate surface area is 135 Å². The van der Waals surface area contributed by atoms with Crippen LogP contribution < -0.4 is 10.1 Å². The molecule has 0 bridgehead atoms. The fourth-order valence-corrected chi connectivity index (χ4v) is 2.02. The van der Waals surface area contributed by atoms with E-state index in [0.29, 0.717) is 17.5 Å². The molecule has 1 aromatic heterocycles. The second-order valence-electron chi connectivity index (χ2n) is 5.34. The molecule has 0 aliphatic carbocycles. The molecule has 2 aromatic rings. The fourth-order valence-electron chi connectivity index (χ4n) is 2.02. The Bertz CT molecular complexity index is 749. The molecule has 0 saturated carbocycles. The molecule has 1 amide bonds. The summed E-state index contributed by atoms with van der Waals surface area (Å²) in [5.74, 6) is 0.268. The van der Waals surface area contributed by atoms with E-state index in [1.54, 1.807) is 37.5 Å². The number of ether oxygens (including phenoxy) is 1. The Morgan fingerprint density at radius 1 is 1.30 bits per heavy atom. The van der Waals surface area contributed by atoms with Gasteiger partial charge in [0.2, 0.25) is 0 Å². The van der Waals surface area contributed by atoms with Crippen molar-refractivity contribution in [1.82, 2.24) is 4.57 Å². The summed E-state index contributed by atoms with van der Waals surface area (Å²) >= 11 is 0. The van der Waals surface area contributed by atoms with Crippen LogP contribution in [0.1, 0.15) is 25.5 Å². The normalized spacial score (nSPS) is 11.2. The molecule has 0 unspecified atom stereocenters. The zero-order valence-corrected chi connectivity index (χ0v) is 13.4. The number of benzene rings is 1. The Hall–Kier alpha value is -3.00. The van der Waals surface area contributed by atoms with Crippen LogP contribution in [0.2, 0.25) is 0 Å². The monoisotopic (exact) mass is 309 g/mol. The van der Waals surface area contributed by atoms with E-state index in [-0.39, 0.29) is 5.57 Å². The Morgan fingerprint density at radius 3 is 2.52 bits per heavy atom. The van der Waals surface area contributed by atoms with Crippen molar-refractivity contribution < 1.29 is 9.53 Å². The smallest absolute Gasteiger partial charge is 0.266 e. The van der Waals surface area contributed by atoms with E-state index >= 15 is 0 Å². The fraction of sp³-hybridized carbons (Fsp3) is 0.222. The number of carbonyl (C=O) groups is 1. The van der Waals surface area contributed by atoms with Crippen LogP contribution in [-0.2, 0) is 4.79 Å². The van der Waals surface area contributed by atoms with Crippen LogP contribution in [-0.4, -0.2) is 17.6 Å². The molecule has 0 fully saturated rings. The minimum Gasteiger partial charge on any atom is -0.497 e. The van der Waals surface area contributed by atoms with Gasteiger partial charge in [-0.05, 0) is 55.8 Å². The van der Waals surface area contributed by atoms with Crippen LogP contribution in [0.4, 0.5) is 5.69 Å². The van der Waals surface area contributed by atoms with Gasteiger partial charge in [0, 0.05) is 24.1 Å². The van der Waals surface area contributed by atoms with Crippen molar-refractivity contribution in [3.05, 3.63) is 53.9 Å². The van der Waals surface area contributed by atoms with E-state index < -0.39 is 5.91 Å². The van der Waals surface area contributed by atoms with Crippen LogP contribution in [0.3, 0.4) is 0 Å². The molecular formula is C18H19N3O2. The van der Waals surface area contributed by atoms with Crippen LogP contribution >= 0.6 is 0 Å². The van der Waals surface area contributed by atoms with Gasteiger partial charge >= 0.3 is 0 Å². The number of aromatic nitrogens is 1. The molecule has 0 atom stereocenters. The van der Waals surface area contributed by atoms with Crippen molar-refractivity contribution in [2.24, 2.45) is 0 Å². The molecular weight excluding hydrogens is 290 g/mol. The maximum atomic E-state index is 12.2. The zero-order valence-electron chi connectivity index (χ0n) is 13.4. The number of anilines is 1. The minimum atomic E-state index is -0.435. The molecule has 1 aromatic carbocycles. The summed E-state index contributed by atoms with van der Waals surface area (Å²) in [6.45, 7) is 4.13. The van der Waals surface area contributed by atoms with Crippen LogP contribution in [0.5, 0.6) is 5.75 Å². The van der Waals surface area contributed by atoms with Gasteiger partial charge in [0.15, 0.2) is 0 Å². The number of hydrogen-bond donors (Lipinski definition) is 1. The molecule has 2 rings (SSSR count). The minimum absolute atomic E-state index is 0.0577. The van der Waals surface area contributed by atoms with Gasteiger partial charge in [0.1, 0.15) is 17.4 Å². The predicted octanol–water partition coefficient (Wildman–Crippen LogP) is 3.62. The Morgan fingerprint density at radius 2 is 2.00 bits per heavy atom. The molecule has 1 heterocycles. The summed E-state index contributed by atoms with van der Waals surface area (Å²) in [6.07, 6.45) is 5.41. The third kappa shape index (κ3) is 4.24. The number of hydrogen-bond acceptors (Lipinski definition) is 3. The first-order valence-electron chi connectivity index (χ1n) is 7.28. The van der Waals surface area contributed by atoms with Gasteiger partial charge in [-0.2, -0.15) is 5.26 Å². The molecule has 0 spiro atoms. The maximum absolute atomic E-state index is 12.2. The van der Waals surface area contributed by atoms with Crippen molar-refractivity contribution >= 4 is 17.7 Å². The SMILES string of the molecule is COc1ccc(NC(=O)/C(C#N)=C/c2ccn(C(C)C)c2)cc1. The average molecular weight is 309 g/mol. The van der Waals surface area contributed by atoms with E-state index in [4.69, 9.17) is 4.74 Å². The number of nitrogens with zero attached hydrogens (tertiary/aromatic N) is 2. The number of amides is 1. The Balaban J connectivity index is 2.13. The summed E-state index contributed by atoms with van der Waals surface area (Å²) in [4.78, 5) is 12.2. The van der Waals surface area contributed by atoms with E-state index in [1.807, 2.05) is 29.1 Å². The van der Waals surface area contributed by atoms with E-state index in [1.165, 1.54) is 0 Å². The number of nitrogens with one attached hydrogen (secondary N) is 1. The highest BCUT2D eigenvalue weighted by Gasteiger charge is 2.10. The van der Waals surface area contributed by atoms with Gasteiger partial charge in [0.05, 0.1) is 7.11 Å². The highest BCUT2D eigenvalue weighted by atomic mass is 16.5. The van der Waals surface area contributed by atoms with Gasteiger partial charge in [-0.25, -0.2) is 0 Å². The standard InChI is InChI=1S/C18H19N3O2/c1-13(2)21-9-8-14(12-21)10-15(11-19)18(22)20-16-4-6-17(23-3)7-5-16/h4-10,12-13H,1-3H3,(H,20,22)/b15-10+. The van der Waals surface area contributed by atoms with Gasteiger partial charge in [-0.1, -0.05) is 0 Å². The van der Waals surface area contributed by atoms with Crippen molar-refractivity contribution in [2.75, 3.05) is 12.4 Å². The van der Waals surface area contributed by atoms with E-state index in [9.17, 15) is 10.1 Å². The number of methoxy groups -OCH3 is 1. The first-order chi connectivity index (χ1) is 11.0. The highest BCUT2D eigenvalue weighted by molar-refractivity contribution is 6.09. The average Bonchev–Trinajstić information content (AvgIpc) is 3.02. The first kappa shape index (κ1) is 16.4. The van der Waals surface area contributed by atoms with Crippen molar-refractivity contribution in [1.29, 1.82) is 5.26 Å².